The molecule has 0 spiro atoms. The van der Waals surface area contributed by atoms with Gasteiger partial charge in [-0.25, -0.2) is 0 Å². The van der Waals surface area contributed by atoms with Crippen molar-refractivity contribution >= 4 is 11.7 Å². The van der Waals surface area contributed by atoms with E-state index in [1.54, 1.807) is 24.5 Å². The van der Waals surface area contributed by atoms with Gasteiger partial charge in [0.05, 0.1) is 23.7 Å². The van der Waals surface area contributed by atoms with Crippen LogP contribution in [0.15, 0.2) is 88.9 Å². The predicted molar refractivity (Wildman–Crippen MR) is 130 cm³/mol. The number of rotatable bonds is 7. The molecule has 0 radical (unpaired) electrons. The lowest BCUT2D eigenvalue weighted by Gasteiger charge is -2.12. The number of allylic oxidation sites excluding steroid dienone is 6. The highest BCUT2D eigenvalue weighted by atomic mass is 16.4. The standard InChI is InChI=1S/C28H28N2O2/c1-4-8-23(5-2)27-17-20(3)26(30-27)11-6-9-21-12-14-22(15-13-21)18-25(28(31)32)24-10-7-16-29-19-24/h4-5,7-8,10,12-16,19,25H,11,17-18H2,1-3H3,(H,31,32)/b8-4-,23-5+. The van der Waals surface area contributed by atoms with Gasteiger partial charge in [0.15, 0.2) is 0 Å². The molecule has 1 aromatic carbocycles. The summed E-state index contributed by atoms with van der Waals surface area (Å²) in [5.41, 5.74) is 7.16. The third-order valence-corrected chi connectivity index (χ3v) is 5.45. The van der Waals surface area contributed by atoms with Crippen LogP contribution in [0.5, 0.6) is 0 Å². The molecule has 0 saturated heterocycles. The Bertz CT molecular complexity index is 1140. The van der Waals surface area contributed by atoms with Crippen molar-refractivity contribution in [3.8, 4) is 11.8 Å². The summed E-state index contributed by atoms with van der Waals surface area (Å²) < 4.78 is 0. The van der Waals surface area contributed by atoms with Crippen molar-refractivity contribution < 1.29 is 9.90 Å². The number of carboxylic acid groups (broad SMARTS) is 1. The maximum absolute atomic E-state index is 11.7. The second-order valence-corrected chi connectivity index (χ2v) is 7.76. The van der Waals surface area contributed by atoms with Gasteiger partial charge in [0, 0.05) is 24.4 Å². The first-order valence-corrected chi connectivity index (χ1v) is 10.8. The zero-order chi connectivity index (χ0) is 22.9. The molecule has 1 aromatic heterocycles. The summed E-state index contributed by atoms with van der Waals surface area (Å²) in [6.45, 7) is 6.16. The minimum absolute atomic E-state index is 0.414. The van der Waals surface area contributed by atoms with E-state index in [0.29, 0.717) is 18.4 Å². The Morgan fingerprint density at radius 2 is 2.00 bits per heavy atom. The van der Waals surface area contributed by atoms with Crippen molar-refractivity contribution in [2.24, 2.45) is 4.99 Å². The van der Waals surface area contributed by atoms with E-state index < -0.39 is 11.9 Å². The summed E-state index contributed by atoms with van der Waals surface area (Å²) in [4.78, 5) is 20.6. The first-order valence-electron chi connectivity index (χ1n) is 10.8. The Hall–Kier alpha value is -3.71. The fourth-order valence-electron chi connectivity index (χ4n) is 3.67. The highest BCUT2D eigenvalue weighted by Crippen LogP contribution is 2.25. The van der Waals surface area contributed by atoms with E-state index in [4.69, 9.17) is 4.99 Å². The van der Waals surface area contributed by atoms with Crippen LogP contribution in [0.3, 0.4) is 0 Å². The number of hydrogen-bond acceptors (Lipinski definition) is 3. The number of nitrogens with zero attached hydrogens (tertiary/aromatic N) is 2. The molecule has 2 aromatic rings. The summed E-state index contributed by atoms with van der Waals surface area (Å²) in [6.07, 6.45) is 11.4. The summed E-state index contributed by atoms with van der Waals surface area (Å²) in [5, 5.41) is 9.61. The summed E-state index contributed by atoms with van der Waals surface area (Å²) >= 11 is 0. The molecular formula is C28H28N2O2. The normalized spacial score (nSPS) is 14.8. The molecule has 2 heterocycles. The molecule has 0 fully saturated rings. The number of aromatic nitrogens is 1. The second kappa shape index (κ2) is 11.1. The van der Waals surface area contributed by atoms with Crippen LogP contribution in [-0.2, 0) is 11.2 Å². The van der Waals surface area contributed by atoms with E-state index in [1.165, 1.54) is 5.57 Å². The van der Waals surface area contributed by atoms with E-state index in [-0.39, 0.29) is 0 Å². The molecule has 0 amide bonds. The Balaban J connectivity index is 1.65. The van der Waals surface area contributed by atoms with Gasteiger partial charge in [0.25, 0.3) is 0 Å². The number of aliphatic carboxylic acids is 1. The van der Waals surface area contributed by atoms with E-state index in [0.717, 1.165) is 34.5 Å². The fourth-order valence-corrected chi connectivity index (χ4v) is 3.67. The molecule has 3 rings (SSSR count). The quantitative estimate of drug-likeness (QED) is 0.446. The predicted octanol–water partition coefficient (Wildman–Crippen LogP) is 5.88. The smallest absolute Gasteiger partial charge is 0.311 e. The molecule has 0 bridgehead atoms. The molecule has 1 N–H and O–H groups in total. The van der Waals surface area contributed by atoms with Gasteiger partial charge in [-0.1, -0.05) is 48.3 Å². The molecule has 1 atom stereocenters. The van der Waals surface area contributed by atoms with E-state index >= 15 is 0 Å². The molecule has 32 heavy (non-hydrogen) atoms. The lowest BCUT2D eigenvalue weighted by atomic mass is 9.93. The first-order chi connectivity index (χ1) is 15.5. The van der Waals surface area contributed by atoms with Gasteiger partial charge >= 0.3 is 5.97 Å². The summed E-state index contributed by atoms with van der Waals surface area (Å²) in [6, 6.07) is 11.3. The third kappa shape index (κ3) is 5.92. The van der Waals surface area contributed by atoms with Crippen molar-refractivity contribution in [2.45, 2.75) is 46.0 Å². The zero-order valence-electron chi connectivity index (χ0n) is 18.8. The Morgan fingerprint density at radius 3 is 2.62 bits per heavy atom. The van der Waals surface area contributed by atoms with Crippen molar-refractivity contribution in [1.82, 2.24) is 4.98 Å². The number of hydrogen-bond donors (Lipinski definition) is 1. The SMILES string of the molecule is C/C=C\C(=C/C)C1=NC(CC#Cc2ccc(CC(C(=O)O)c3cccnc3)cc2)=C(C)C1. The van der Waals surface area contributed by atoms with Gasteiger partial charge in [0.1, 0.15) is 0 Å². The van der Waals surface area contributed by atoms with Gasteiger partial charge in [0.2, 0.25) is 0 Å². The number of pyridine rings is 1. The van der Waals surface area contributed by atoms with Crippen molar-refractivity contribution in [1.29, 1.82) is 0 Å². The largest absolute Gasteiger partial charge is 0.481 e. The Labute approximate surface area is 190 Å². The van der Waals surface area contributed by atoms with Gasteiger partial charge in [-0.3, -0.25) is 14.8 Å². The zero-order valence-corrected chi connectivity index (χ0v) is 18.8. The van der Waals surface area contributed by atoms with Gasteiger partial charge < -0.3 is 5.11 Å². The summed E-state index contributed by atoms with van der Waals surface area (Å²) in [5.74, 6) is 4.97. The second-order valence-electron chi connectivity index (χ2n) is 7.76. The molecule has 0 saturated carbocycles. The van der Waals surface area contributed by atoms with Gasteiger partial charge in [-0.15, -0.1) is 0 Å². The topological polar surface area (TPSA) is 62.5 Å². The Morgan fingerprint density at radius 1 is 1.22 bits per heavy atom. The Kier molecular flexibility index (Phi) is 7.94. The van der Waals surface area contributed by atoms with Crippen LogP contribution in [0.25, 0.3) is 0 Å². The van der Waals surface area contributed by atoms with Crippen molar-refractivity contribution in [3.05, 3.63) is 101 Å². The highest BCUT2D eigenvalue weighted by molar-refractivity contribution is 6.05. The van der Waals surface area contributed by atoms with Gasteiger partial charge in [-0.05, 0) is 67.7 Å². The number of aliphatic imine (C=N–C) groups is 1. The van der Waals surface area contributed by atoms with Crippen LogP contribution < -0.4 is 0 Å². The van der Waals surface area contributed by atoms with E-state index in [2.05, 4.69) is 35.9 Å². The van der Waals surface area contributed by atoms with Crippen LogP contribution in [0, 0.1) is 11.8 Å². The van der Waals surface area contributed by atoms with Crippen LogP contribution in [0.2, 0.25) is 0 Å². The van der Waals surface area contributed by atoms with Crippen molar-refractivity contribution in [2.75, 3.05) is 0 Å². The molecule has 162 valence electrons. The highest BCUT2D eigenvalue weighted by Gasteiger charge is 2.20. The molecule has 4 nitrogen and oxygen atoms in total. The molecule has 1 aliphatic rings. The van der Waals surface area contributed by atoms with Crippen LogP contribution in [0.1, 0.15) is 56.2 Å². The van der Waals surface area contributed by atoms with Crippen LogP contribution in [-0.4, -0.2) is 21.8 Å². The minimum atomic E-state index is -0.850. The number of carboxylic acids is 1. The van der Waals surface area contributed by atoms with Gasteiger partial charge in [-0.2, -0.15) is 0 Å². The number of benzene rings is 1. The molecule has 1 aliphatic heterocycles. The monoisotopic (exact) mass is 424 g/mol. The average Bonchev–Trinajstić information content (AvgIpc) is 3.17. The first kappa shape index (κ1) is 23.0. The number of carbonyl (C=O) groups is 1. The molecule has 4 heteroatoms. The molecular weight excluding hydrogens is 396 g/mol. The van der Waals surface area contributed by atoms with E-state index in [1.807, 2.05) is 44.2 Å². The third-order valence-electron chi connectivity index (χ3n) is 5.45. The molecule has 0 aliphatic carbocycles. The molecule has 1 unspecified atom stereocenters. The lowest BCUT2D eigenvalue weighted by molar-refractivity contribution is -0.138. The maximum Gasteiger partial charge on any atom is 0.311 e. The fraction of sp³-hybridized carbons (Fsp3) is 0.250. The maximum atomic E-state index is 11.7. The van der Waals surface area contributed by atoms with Crippen molar-refractivity contribution in [3.63, 3.8) is 0 Å². The minimum Gasteiger partial charge on any atom is -0.481 e. The lowest BCUT2D eigenvalue weighted by Crippen LogP contribution is -2.14. The van der Waals surface area contributed by atoms with Crippen LogP contribution >= 0.6 is 0 Å². The van der Waals surface area contributed by atoms with E-state index in [9.17, 15) is 9.90 Å². The summed E-state index contributed by atoms with van der Waals surface area (Å²) in [7, 11) is 0. The van der Waals surface area contributed by atoms with Crippen LogP contribution in [0.4, 0.5) is 0 Å². The average molecular weight is 425 g/mol.